The van der Waals surface area contributed by atoms with Crippen LogP contribution in [-0.2, 0) is 9.59 Å². The fraction of sp³-hybridized carbons (Fsp3) is 0.200. The van der Waals surface area contributed by atoms with Crippen molar-refractivity contribution in [3.8, 4) is 0 Å². The van der Waals surface area contributed by atoms with Gasteiger partial charge >= 0.3 is 0 Å². The minimum atomic E-state index is -0.968. The monoisotopic (exact) mass is 139 g/mol. The van der Waals surface area contributed by atoms with Gasteiger partial charge in [-0.2, -0.15) is 0 Å². The molecular formula is C5H5N3O2. The summed E-state index contributed by atoms with van der Waals surface area (Å²) in [6, 6.07) is 0. The Hall–Kier alpha value is -1.52. The van der Waals surface area contributed by atoms with Crippen molar-refractivity contribution in [1.29, 1.82) is 0 Å². The summed E-state index contributed by atoms with van der Waals surface area (Å²) in [4.78, 5) is 27.8. The Morgan fingerprint density at radius 1 is 1.70 bits per heavy atom. The van der Waals surface area contributed by atoms with Gasteiger partial charge in [0, 0.05) is 6.21 Å². The summed E-state index contributed by atoms with van der Waals surface area (Å²) < 4.78 is 0. The molecule has 0 radical (unpaired) electrons. The Labute approximate surface area is 56.6 Å². The van der Waals surface area contributed by atoms with Crippen LogP contribution in [0, 0.1) is 5.92 Å². The number of amides is 2. The minimum absolute atomic E-state index is 0.553. The Bertz CT molecular complexity index is 231. The van der Waals surface area contributed by atoms with Crippen molar-refractivity contribution >= 4 is 24.4 Å². The number of aliphatic imine (C=N–C) groups is 2. The number of nitrogens with zero attached hydrogens (tertiary/aromatic N) is 2. The minimum Gasteiger partial charge on any atom is -0.369 e. The third-order valence-electron chi connectivity index (χ3n) is 1.06. The fourth-order valence-corrected chi connectivity index (χ4v) is 0.554. The maximum atomic E-state index is 10.6. The SMILES string of the molecule is NC(=O)C1C=NC=NC1=O. The van der Waals surface area contributed by atoms with Crippen LogP contribution < -0.4 is 5.73 Å². The van der Waals surface area contributed by atoms with Gasteiger partial charge in [-0.15, -0.1) is 0 Å². The molecule has 1 aliphatic heterocycles. The highest BCUT2D eigenvalue weighted by molar-refractivity contribution is 6.16. The molecule has 1 heterocycles. The maximum Gasteiger partial charge on any atom is 0.265 e. The average Bonchev–Trinajstić information content (AvgIpc) is 1.88. The molecule has 0 saturated carbocycles. The third-order valence-corrected chi connectivity index (χ3v) is 1.06. The van der Waals surface area contributed by atoms with E-state index in [-0.39, 0.29) is 0 Å². The van der Waals surface area contributed by atoms with Crippen LogP contribution in [0.3, 0.4) is 0 Å². The molecule has 52 valence electrons. The average molecular weight is 139 g/mol. The van der Waals surface area contributed by atoms with Gasteiger partial charge in [0.15, 0.2) is 5.92 Å². The first-order valence-electron chi connectivity index (χ1n) is 2.61. The van der Waals surface area contributed by atoms with Crippen LogP contribution in [0.4, 0.5) is 0 Å². The van der Waals surface area contributed by atoms with E-state index in [0.29, 0.717) is 0 Å². The summed E-state index contributed by atoms with van der Waals surface area (Å²) >= 11 is 0. The highest BCUT2D eigenvalue weighted by Gasteiger charge is 2.22. The van der Waals surface area contributed by atoms with Crippen LogP contribution in [0.15, 0.2) is 9.98 Å². The van der Waals surface area contributed by atoms with Crippen molar-refractivity contribution in [1.82, 2.24) is 0 Å². The zero-order valence-corrected chi connectivity index (χ0v) is 5.02. The first-order chi connectivity index (χ1) is 4.72. The molecule has 0 bridgehead atoms. The summed E-state index contributed by atoms with van der Waals surface area (Å²) in [6.07, 6.45) is 2.26. The summed E-state index contributed by atoms with van der Waals surface area (Å²) in [6.45, 7) is 0. The van der Waals surface area contributed by atoms with Gasteiger partial charge in [-0.3, -0.25) is 9.59 Å². The quantitative estimate of drug-likeness (QED) is 0.459. The number of primary amides is 1. The molecular weight excluding hydrogens is 134 g/mol. The van der Waals surface area contributed by atoms with E-state index in [1.54, 1.807) is 0 Å². The molecule has 1 aliphatic rings. The van der Waals surface area contributed by atoms with Gasteiger partial charge in [0.2, 0.25) is 5.91 Å². The van der Waals surface area contributed by atoms with E-state index < -0.39 is 17.7 Å². The normalized spacial score (nSPS) is 23.2. The van der Waals surface area contributed by atoms with Crippen molar-refractivity contribution in [3.63, 3.8) is 0 Å². The molecule has 0 spiro atoms. The molecule has 2 N–H and O–H groups in total. The summed E-state index contributed by atoms with van der Waals surface area (Å²) in [5.41, 5.74) is 4.83. The molecule has 0 saturated heterocycles. The van der Waals surface area contributed by atoms with Crippen molar-refractivity contribution in [2.45, 2.75) is 0 Å². The van der Waals surface area contributed by atoms with Crippen LogP contribution in [0.5, 0.6) is 0 Å². The van der Waals surface area contributed by atoms with Crippen LogP contribution in [-0.4, -0.2) is 24.4 Å². The lowest BCUT2D eigenvalue weighted by Gasteiger charge is -2.03. The Morgan fingerprint density at radius 2 is 2.40 bits per heavy atom. The zero-order valence-electron chi connectivity index (χ0n) is 5.02. The van der Waals surface area contributed by atoms with Crippen molar-refractivity contribution in [3.05, 3.63) is 0 Å². The highest BCUT2D eigenvalue weighted by atomic mass is 16.2. The van der Waals surface area contributed by atoms with Gasteiger partial charge in [-0.05, 0) is 0 Å². The van der Waals surface area contributed by atoms with Gasteiger partial charge in [0.1, 0.15) is 6.34 Å². The van der Waals surface area contributed by atoms with Crippen molar-refractivity contribution in [2.75, 3.05) is 0 Å². The lowest BCUT2D eigenvalue weighted by atomic mass is 10.1. The largest absolute Gasteiger partial charge is 0.369 e. The molecule has 0 aromatic heterocycles. The predicted molar refractivity (Wildman–Crippen MR) is 34.7 cm³/mol. The molecule has 5 nitrogen and oxygen atoms in total. The predicted octanol–water partition coefficient (Wildman–Crippen LogP) is -1.27. The van der Waals surface area contributed by atoms with Crippen LogP contribution in [0.1, 0.15) is 0 Å². The van der Waals surface area contributed by atoms with Gasteiger partial charge < -0.3 is 5.73 Å². The molecule has 1 atom stereocenters. The maximum absolute atomic E-state index is 10.6. The lowest BCUT2D eigenvalue weighted by Crippen LogP contribution is -2.31. The van der Waals surface area contributed by atoms with Gasteiger partial charge in [-0.1, -0.05) is 0 Å². The van der Waals surface area contributed by atoms with Crippen LogP contribution in [0.2, 0.25) is 0 Å². The summed E-state index contributed by atoms with van der Waals surface area (Å²) in [7, 11) is 0. The molecule has 2 amide bonds. The molecule has 1 unspecified atom stereocenters. The summed E-state index contributed by atoms with van der Waals surface area (Å²) in [5, 5.41) is 0. The topological polar surface area (TPSA) is 84.9 Å². The van der Waals surface area contributed by atoms with Crippen molar-refractivity contribution in [2.24, 2.45) is 21.6 Å². The molecule has 0 fully saturated rings. The van der Waals surface area contributed by atoms with Crippen molar-refractivity contribution < 1.29 is 9.59 Å². The second kappa shape index (κ2) is 2.38. The van der Waals surface area contributed by atoms with Gasteiger partial charge in [0.05, 0.1) is 0 Å². The van der Waals surface area contributed by atoms with E-state index in [9.17, 15) is 9.59 Å². The van der Waals surface area contributed by atoms with E-state index in [1.165, 1.54) is 6.21 Å². The molecule has 0 aromatic rings. The Morgan fingerprint density at radius 3 is 2.80 bits per heavy atom. The van der Waals surface area contributed by atoms with Crippen LogP contribution >= 0.6 is 0 Å². The molecule has 0 aromatic carbocycles. The Balaban J connectivity index is 2.80. The zero-order chi connectivity index (χ0) is 7.56. The first-order valence-corrected chi connectivity index (χ1v) is 2.61. The second-order valence-corrected chi connectivity index (χ2v) is 1.76. The number of rotatable bonds is 1. The smallest absolute Gasteiger partial charge is 0.265 e. The molecule has 5 heteroatoms. The van der Waals surface area contributed by atoms with Gasteiger partial charge in [-0.25, -0.2) is 9.98 Å². The first kappa shape index (κ1) is 6.60. The van der Waals surface area contributed by atoms with E-state index in [1.807, 2.05) is 0 Å². The Kier molecular flexibility index (Phi) is 1.57. The molecule has 1 rings (SSSR count). The van der Waals surface area contributed by atoms with Gasteiger partial charge in [0.25, 0.3) is 5.91 Å². The fourth-order valence-electron chi connectivity index (χ4n) is 0.554. The van der Waals surface area contributed by atoms with E-state index >= 15 is 0 Å². The van der Waals surface area contributed by atoms with E-state index in [4.69, 9.17) is 5.73 Å². The highest BCUT2D eigenvalue weighted by Crippen LogP contribution is 1.98. The number of carbonyl (C=O) groups excluding carboxylic acids is 2. The number of nitrogens with two attached hydrogens (primary N) is 1. The third kappa shape index (κ3) is 1.07. The van der Waals surface area contributed by atoms with E-state index in [2.05, 4.69) is 9.98 Å². The van der Waals surface area contributed by atoms with E-state index in [0.717, 1.165) is 6.34 Å². The number of hydrogen-bond acceptors (Lipinski definition) is 3. The standard InChI is InChI=1S/C5H5N3O2/c6-4(9)3-1-7-2-8-5(3)10/h1-3H,(H2,6,9). The van der Waals surface area contributed by atoms with Crippen LogP contribution in [0.25, 0.3) is 0 Å². The number of hydrogen-bond donors (Lipinski definition) is 1. The summed E-state index contributed by atoms with van der Waals surface area (Å²) in [5.74, 6) is -2.24. The second-order valence-electron chi connectivity index (χ2n) is 1.76. The molecule has 0 aliphatic carbocycles. The molecule has 10 heavy (non-hydrogen) atoms. The lowest BCUT2D eigenvalue weighted by molar-refractivity contribution is -0.128. The number of carbonyl (C=O) groups is 2.